The number of hydrogen-bond acceptors (Lipinski definition) is 5. The van der Waals surface area contributed by atoms with E-state index in [4.69, 9.17) is 11.6 Å². The molecular formula is C22H24ClN3O3S3. The van der Waals surface area contributed by atoms with Crippen molar-refractivity contribution >= 4 is 60.8 Å². The minimum absolute atomic E-state index is 0.133. The van der Waals surface area contributed by atoms with Crippen LogP contribution in [-0.2, 0) is 21.4 Å². The molecule has 2 heterocycles. The maximum atomic E-state index is 13.2. The van der Waals surface area contributed by atoms with Crippen molar-refractivity contribution in [2.45, 2.75) is 37.2 Å². The predicted octanol–water partition coefficient (Wildman–Crippen LogP) is 4.31. The summed E-state index contributed by atoms with van der Waals surface area (Å²) < 4.78 is 30.8. The van der Waals surface area contributed by atoms with Crippen molar-refractivity contribution in [3.8, 4) is 0 Å². The second-order valence-corrected chi connectivity index (χ2v) is 12.0. The predicted molar refractivity (Wildman–Crippen MR) is 132 cm³/mol. The minimum Gasteiger partial charge on any atom is -0.316 e. The SMILES string of the molecule is CSCCn1c(=NC(=O)C2CCCN2S(=O)(=O)c2ccc(Cl)cc2)sc2cc(C)ccc21. The van der Waals surface area contributed by atoms with Crippen LogP contribution in [0.5, 0.6) is 0 Å². The fraction of sp³-hybridized carbons (Fsp3) is 0.364. The molecule has 1 aromatic heterocycles. The van der Waals surface area contributed by atoms with Gasteiger partial charge in [0.1, 0.15) is 6.04 Å². The fourth-order valence-electron chi connectivity index (χ4n) is 3.85. The Morgan fingerprint density at radius 1 is 1.25 bits per heavy atom. The largest absolute Gasteiger partial charge is 0.316 e. The first-order chi connectivity index (χ1) is 15.3. The normalized spacial score (nSPS) is 18.0. The smallest absolute Gasteiger partial charge is 0.266 e. The third kappa shape index (κ3) is 4.68. The molecule has 2 aromatic carbocycles. The lowest BCUT2D eigenvalue weighted by molar-refractivity contribution is -0.121. The van der Waals surface area contributed by atoms with Crippen LogP contribution in [0.4, 0.5) is 0 Å². The molecule has 1 aliphatic heterocycles. The molecule has 1 aliphatic rings. The first kappa shape index (κ1) is 23.5. The summed E-state index contributed by atoms with van der Waals surface area (Å²) in [5, 5.41) is 0.461. The highest BCUT2D eigenvalue weighted by Crippen LogP contribution is 2.28. The molecule has 1 amide bonds. The van der Waals surface area contributed by atoms with Crippen molar-refractivity contribution in [3.05, 3.63) is 57.9 Å². The van der Waals surface area contributed by atoms with Crippen molar-refractivity contribution in [2.75, 3.05) is 18.6 Å². The van der Waals surface area contributed by atoms with E-state index in [0.717, 1.165) is 28.1 Å². The van der Waals surface area contributed by atoms with Crippen molar-refractivity contribution in [1.82, 2.24) is 8.87 Å². The standard InChI is InChI=1S/C22H24ClN3O3S3/c1-15-5-10-18-20(14-15)31-22(25(18)12-13-30-2)24-21(27)19-4-3-11-26(19)32(28,29)17-8-6-16(23)7-9-17/h5-10,14,19H,3-4,11-13H2,1-2H3. The Bertz CT molecular complexity index is 1310. The summed E-state index contributed by atoms with van der Waals surface area (Å²) in [6.45, 7) is 3.06. The Hall–Kier alpha value is -1.65. The number of amides is 1. The number of nitrogens with zero attached hydrogens (tertiary/aromatic N) is 3. The van der Waals surface area contributed by atoms with Gasteiger partial charge in [-0.05, 0) is 68.0 Å². The number of carbonyl (C=O) groups is 1. The molecule has 1 saturated heterocycles. The Labute approximate surface area is 201 Å². The average Bonchev–Trinajstić information content (AvgIpc) is 3.37. The number of fused-ring (bicyclic) bond motifs is 1. The van der Waals surface area contributed by atoms with E-state index in [1.807, 2.05) is 19.2 Å². The topological polar surface area (TPSA) is 71.7 Å². The van der Waals surface area contributed by atoms with Crippen LogP contribution < -0.4 is 4.80 Å². The number of aryl methyl sites for hydroxylation is 2. The molecule has 1 atom stereocenters. The Balaban J connectivity index is 1.71. The maximum absolute atomic E-state index is 13.2. The zero-order chi connectivity index (χ0) is 22.9. The number of sulfonamides is 1. The first-order valence-electron chi connectivity index (χ1n) is 10.3. The van der Waals surface area contributed by atoms with Gasteiger partial charge in [-0.15, -0.1) is 0 Å². The summed E-state index contributed by atoms with van der Waals surface area (Å²) in [5.41, 5.74) is 2.18. The van der Waals surface area contributed by atoms with E-state index in [0.29, 0.717) is 29.2 Å². The van der Waals surface area contributed by atoms with Crippen molar-refractivity contribution in [3.63, 3.8) is 0 Å². The second kappa shape index (κ2) is 9.69. The number of rotatable bonds is 6. The molecule has 0 saturated carbocycles. The van der Waals surface area contributed by atoms with Crippen molar-refractivity contribution in [2.24, 2.45) is 4.99 Å². The lowest BCUT2D eigenvalue weighted by atomic mass is 10.2. The lowest BCUT2D eigenvalue weighted by Gasteiger charge is -2.21. The van der Waals surface area contributed by atoms with Gasteiger partial charge in [0.25, 0.3) is 5.91 Å². The Morgan fingerprint density at radius 3 is 2.72 bits per heavy atom. The van der Waals surface area contributed by atoms with Crippen LogP contribution in [0, 0.1) is 6.92 Å². The highest BCUT2D eigenvalue weighted by atomic mass is 35.5. The van der Waals surface area contributed by atoms with Crippen LogP contribution in [0.2, 0.25) is 5.02 Å². The van der Waals surface area contributed by atoms with Gasteiger partial charge >= 0.3 is 0 Å². The van der Waals surface area contributed by atoms with Gasteiger partial charge in [-0.1, -0.05) is 29.0 Å². The number of thioether (sulfide) groups is 1. The van der Waals surface area contributed by atoms with Crippen LogP contribution in [0.1, 0.15) is 18.4 Å². The number of carbonyl (C=O) groups excluding carboxylic acids is 1. The number of thiazole rings is 1. The molecule has 10 heteroatoms. The van der Waals surface area contributed by atoms with E-state index < -0.39 is 22.0 Å². The highest BCUT2D eigenvalue weighted by Gasteiger charge is 2.39. The summed E-state index contributed by atoms with van der Waals surface area (Å²) in [4.78, 5) is 18.4. The van der Waals surface area contributed by atoms with Gasteiger partial charge in [0, 0.05) is 23.9 Å². The molecule has 32 heavy (non-hydrogen) atoms. The third-order valence-corrected chi connectivity index (χ3v) is 9.28. The quantitative estimate of drug-likeness (QED) is 0.496. The van der Waals surface area contributed by atoms with Gasteiger partial charge in [-0.25, -0.2) is 8.42 Å². The first-order valence-corrected chi connectivity index (χ1v) is 14.3. The van der Waals surface area contributed by atoms with Crippen molar-refractivity contribution < 1.29 is 13.2 Å². The molecule has 170 valence electrons. The van der Waals surface area contributed by atoms with Gasteiger partial charge in [-0.2, -0.15) is 21.1 Å². The lowest BCUT2D eigenvalue weighted by Crippen LogP contribution is -2.40. The number of hydrogen-bond donors (Lipinski definition) is 0. The molecule has 3 aromatic rings. The maximum Gasteiger partial charge on any atom is 0.266 e. The van der Waals surface area contributed by atoms with Gasteiger partial charge in [0.2, 0.25) is 10.0 Å². The van der Waals surface area contributed by atoms with E-state index >= 15 is 0 Å². The average molecular weight is 510 g/mol. The molecule has 0 radical (unpaired) electrons. The Kier molecular flexibility index (Phi) is 7.11. The van der Waals surface area contributed by atoms with Crippen LogP contribution in [0.15, 0.2) is 52.4 Å². The van der Waals surface area contributed by atoms with E-state index in [2.05, 4.69) is 21.7 Å². The van der Waals surface area contributed by atoms with Crippen LogP contribution in [0.25, 0.3) is 10.2 Å². The zero-order valence-electron chi connectivity index (χ0n) is 17.8. The fourth-order valence-corrected chi connectivity index (χ4v) is 7.15. The van der Waals surface area contributed by atoms with E-state index in [-0.39, 0.29) is 4.90 Å². The second-order valence-electron chi connectivity index (χ2n) is 7.68. The van der Waals surface area contributed by atoms with Gasteiger partial charge < -0.3 is 4.57 Å². The van der Waals surface area contributed by atoms with Crippen molar-refractivity contribution in [1.29, 1.82) is 0 Å². The molecular weight excluding hydrogens is 486 g/mol. The van der Waals surface area contributed by atoms with Crippen LogP contribution in [0.3, 0.4) is 0 Å². The summed E-state index contributed by atoms with van der Waals surface area (Å²) in [6.07, 6.45) is 3.13. The molecule has 0 N–H and O–H groups in total. The molecule has 1 unspecified atom stereocenters. The monoisotopic (exact) mass is 509 g/mol. The summed E-state index contributed by atoms with van der Waals surface area (Å²) in [5.74, 6) is 0.475. The third-order valence-electron chi connectivity index (χ3n) is 5.47. The molecule has 0 spiro atoms. The zero-order valence-corrected chi connectivity index (χ0v) is 21.0. The molecule has 6 nitrogen and oxygen atoms in total. The minimum atomic E-state index is -3.81. The number of benzene rings is 2. The summed E-state index contributed by atoms with van der Waals surface area (Å²) in [6, 6.07) is 11.4. The van der Waals surface area contributed by atoms with Gasteiger partial charge in [-0.3, -0.25) is 4.79 Å². The summed E-state index contributed by atoms with van der Waals surface area (Å²) in [7, 11) is -3.81. The number of aromatic nitrogens is 1. The van der Waals surface area contributed by atoms with E-state index in [1.54, 1.807) is 23.9 Å². The van der Waals surface area contributed by atoms with Crippen LogP contribution >= 0.6 is 34.7 Å². The van der Waals surface area contributed by atoms with Gasteiger partial charge in [0.15, 0.2) is 4.80 Å². The number of halogens is 1. The van der Waals surface area contributed by atoms with Gasteiger partial charge in [0.05, 0.1) is 15.1 Å². The van der Waals surface area contributed by atoms with E-state index in [9.17, 15) is 13.2 Å². The highest BCUT2D eigenvalue weighted by molar-refractivity contribution is 7.98. The molecule has 4 rings (SSSR count). The summed E-state index contributed by atoms with van der Waals surface area (Å²) >= 11 is 9.10. The van der Waals surface area contributed by atoms with E-state index in [1.165, 1.54) is 27.8 Å². The molecule has 0 aliphatic carbocycles. The van der Waals surface area contributed by atoms with Crippen LogP contribution in [-0.4, -0.2) is 47.8 Å². The molecule has 0 bridgehead atoms. The molecule has 1 fully saturated rings. The Morgan fingerprint density at radius 2 is 2.00 bits per heavy atom.